The maximum absolute atomic E-state index is 10.3. The second kappa shape index (κ2) is 6.05. The van der Waals surface area contributed by atoms with Gasteiger partial charge >= 0.3 is 0 Å². The first-order chi connectivity index (χ1) is 8.63. The van der Waals surface area contributed by atoms with Crippen LogP contribution in [0.1, 0.15) is 25.8 Å². The first kappa shape index (κ1) is 13.9. The summed E-state index contributed by atoms with van der Waals surface area (Å²) in [6.07, 6.45) is 0.657. The fourth-order valence-electron chi connectivity index (χ4n) is 2.95. The van der Waals surface area contributed by atoms with Gasteiger partial charge < -0.3 is 5.11 Å². The molecule has 0 aromatic heterocycles. The molecule has 1 saturated heterocycles. The lowest BCUT2D eigenvalue weighted by molar-refractivity contribution is -0.0454. The van der Waals surface area contributed by atoms with Gasteiger partial charge in [-0.2, -0.15) is 0 Å². The van der Waals surface area contributed by atoms with Crippen molar-refractivity contribution in [1.29, 1.82) is 0 Å². The van der Waals surface area contributed by atoms with E-state index in [-0.39, 0.29) is 18.1 Å². The van der Waals surface area contributed by atoms with E-state index in [0.717, 1.165) is 13.0 Å². The lowest BCUT2D eigenvalue weighted by Crippen LogP contribution is -2.54. The molecule has 3 heteroatoms. The fourth-order valence-corrected chi connectivity index (χ4v) is 3.26. The molecule has 100 valence electrons. The predicted molar refractivity (Wildman–Crippen MR) is 75.7 cm³/mol. The van der Waals surface area contributed by atoms with Gasteiger partial charge in [0, 0.05) is 30.4 Å². The Labute approximate surface area is 115 Å². The zero-order chi connectivity index (χ0) is 13.1. The molecule has 1 aromatic carbocycles. The fraction of sp³-hybridized carbons (Fsp3) is 0.600. The van der Waals surface area contributed by atoms with Crippen LogP contribution in [-0.2, 0) is 6.54 Å². The first-order valence-corrected chi connectivity index (χ1v) is 7.20. The van der Waals surface area contributed by atoms with Gasteiger partial charge in [-0.05, 0) is 25.8 Å². The topological polar surface area (TPSA) is 23.5 Å². The Kier molecular flexibility index (Phi) is 4.66. The molecule has 1 aliphatic rings. The van der Waals surface area contributed by atoms with E-state index < -0.39 is 0 Å². The second-order valence-electron chi connectivity index (χ2n) is 5.39. The van der Waals surface area contributed by atoms with Crippen LogP contribution in [0, 0.1) is 5.92 Å². The number of halogens is 1. The van der Waals surface area contributed by atoms with Crippen LogP contribution in [0.15, 0.2) is 30.3 Å². The summed E-state index contributed by atoms with van der Waals surface area (Å²) in [4.78, 5) is 2.38. The number of aliphatic hydroxyl groups is 1. The summed E-state index contributed by atoms with van der Waals surface area (Å²) in [5.74, 6) is 0.776. The van der Waals surface area contributed by atoms with E-state index in [1.165, 1.54) is 5.56 Å². The molecule has 4 unspecified atom stereocenters. The van der Waals surface area contributed by atoms with Gasteiger partial charge in [0.25, 0.3) is 0 Å². The highest BCUT2D eigenvalue weighted by Crippen LogP contribution is 2.30. The number of benzene rings is 1. The van der Waals surface area contributed by atoms with Gasteiger partial charge in [0.1, 0.15) is 0 Å². The standard InChI is InChI=1S/C15H22ClNO/c1-11-8-14(9-16)15(18)12(2)17(11)10-13-6-4-3-5-7-13/h3-7,11-12,14-15,18H,8-10H2,1-2H3. The van der Waals surface area contributed by atoms with Crippen LogP contribution in [0.4, 0.5) is 0 Å². The molecule has 1 aromatic rings. The molecule has 0 radical (unpaired) electrons. The van der Waals surface area contributed by atoms with E-state index in [1.807, 2.05) is 6.07 Å². The minimum Gasteiger partial charge on any atom is -0.391 e. The summed E-state index contributed by atoms with van der Waals surface area (Å²) in [5, 5.41) is 10.3. The number of nitrogens with zero attached hydrogens (tertiary/aromatic N) is 1. The summed E-state index contributed by atoms with van der Waals surface area (Å²) in [7, 11) is 0. The molecule has 18 heavy (non-hydrogen) atoms. The van der Waals surface area contributed by atoms with Gasteiger partial charge in [-0.15, -0.1) is 11.6 Å². The highest BCUT2D eigenvalue weighted by molar-refractivity contribution is 6.18. The molecule has 1 heterocycles. The van der Waals surface area contributed by atoms with Crippen LogP contribution in [0.2, 0.25) is 0 Å². The third-order valence-corrected chi connectivity index (χ3v) is 4.51. The van der Waals surface area contributed by atoms with Gasteiger partial charge in [0.2, 0.25) is 0 Å². The van der Waals surface area contributed by atoms with E-state index in [4.69, 9.17) is 11.6 Å². The predicted octanol–water partition coefficient (Wildman–Crippen LogP) is 2.89. The zero-order valence-corrected chi connectivity index (χ0v) is 11.8. The van der Waals surface area contributed by atoms with Crippen LogP contribution in [0.3, 0.4) is 0 Å². The molecular weight excluding hydrogens is 246 g/mol. The van der Waals surface area contributed by atoms with Gasteiger partial charge in [0.05, 0.1) is 6.10 Å². The van der Waals surface area contributed by atoms with Crippen LogP contribution in [0.25, 0.3) is 0 Å². The van der Waals surface area contributed by atoms with Gasteiger partial charge in [-0.1, -0.05) is 30.3 Å². The Morgan fingerprint density at radius 3 is 2.56 bits per heavy atom. The zero-order valence-electron chi connectivity index (χ0n) is 11.1. The number of rotatable bonds is 3. The summed E-state index contributed by atoms with van der Waals surface area (Å²) in [6.45, 7) is 5.23. The van der Waals surface area contributed by atoms with Crippen molar-refractivity contribution in [2.75, 3.05) is 5.88 Å². The Hall–Kier alpha value is -0.570. The Bertz CT molecular complexity index is 370. The SMILES string of the molecule is CC1CC(CCl)C(O)C(C)N1Cc1ccccc1. The van der Waals surface area contributed by atoms with Crippen molar-refractivity contribution in [2.45, 2.75) is 45.0 Å². The summed E-state index contributed by atoms with van der Waals surface area (Å²) >= 11 is 5.94. The van der Waals surface area contributed by atoms with Crippen molar-refractivity contribution in [3.63, 3.8) is 0 Å². The monoisotopic (exact) mass is 267 g/mol. The molecule has 1 N–H and O–H groups in total. The minimum atomic E-state index is -0.317. The highest BCUT2D eigenvalue weighted by Gasteiger charge is 2.37. The maximum atomic E-state index is 10.3. The molecule has 0 spiro atoms. The number of aliphatic hydroxyl groups excluding tert-OH is 1. The van der Waals surface area contributed by atoms with Crippen LogP contribution in [0.5, 0.6) is 0 Å². The maximum Gasteiger partial charge on any atom is 0.0732 e. The van der Waals surface area contributed by atoms with Crippen LogP contribution < -0.4 is 0 Å². The third-order valence-electron chi connectivity index (χ3n) is 4.12. The molecule has 2 rings (SSSR count). The number of alkyl halides is 1. The molecule has 1 aliphatic heterocycles. The van der Waals surface area contributed by atoms with Gasteiger partial charge in [-0.3, -0.25) is 4.90 Å². The number of likely N-dealkylation sites (tertiary alicyclic amines) is 1. The molecule has 1 fully saturated rings. The molecule has 0 saturated carbocycles. The lowest BCUT2D eigenvalue weighted by Gasteiger charge is -2.45. The quantitative estimate of drug-likeness (QED) is 0.852. The van der Waals surface area contributed by atoms with Gasteiger partial charge in [0.15, 0.2) is 0 Å². The van der Waals surface area contributed by atoms with Crippen molar-refractivity contribution >= 4 is 11.6 Å². The number of piperidine rings is 1. The summed E-state index contributed by atoms with van der Waals surface area (Å²) in [6, 6.07) is 11.1. The molecular formula is C15H22ClNO. The van der Waals surface area contributed by atoms with Crippen molar-refractivity contribution in [3.05, 3.63) is 35.9 Å². The summed E-state index contributed by atoms with van der Waals surface area (Å²) in [5.41, 5.74) is 1.30. The normalized spacial score (nSPS) is 33.6. The highest BCUT2D eigenvalue weighted by atomic mass is 35.5. The average Bonchev–Trinajstić information content (AvgIpc) is 2.40. The van der Waals surface area contributed by atoms with Crippen molar-refractivity contribution in [3.8, 4) is 0 Å². The van der Waals surface area contributed by atoms with E-state index in [0.29, 0.717) is 11.9 Å². The van der Waals surface area contributed by atoms with Crippen molar-refractivity contribution in [1.82, 2.24) is 4.90 Å². The molecule has 0 bridgehead atoms. The van der Waals surface area contributed by atoms with Crippen LogP contribution in [-0.4, -0.2) is 34.1 Å². The molecule has 0 aliphatic carbocycles. The van der Waals surface area contributed by atoms with Gasteiger partial charge in [-0.25, -0.2) is 0 Å². The molecule has 0 amide bonds. The number of hydrogen-bond acceptors (Lipinski definition) is 2. The average molecular weight is 268 g/mol. The second-order valence-corrected chi connectivity index (χ2v) is 5.70. The van der Waals surface area contributed by atoms with E-state index in [9.17, 15) is 5.11 Å². The summed E-state index contributed by atoms with van der Waals surface area (Å²) < 4.78 is 0. The van der Waals surface area contributed by atoms with Crippen molar-refractivity contribution < 1.29 is 5.11 Å². The lowest BCUT2D eigenvalue weighted by atomic mass is 9.85. The Morgan fingerprint density at radius 2 is 1.94 bits per heavy atom. The van der Waals surface area contributed by atoms with E-state index in [2.05, 4.69) is 43.0 Å². The van der Waals surface area contributed by atoms with Crippen LogP contribution >= 0.6 is 11.6 Å². The Balaban J connectivity index is 2.08. The first-order valence-electron chi connectivity index (χ1n) is 6.67. The van der Waals surface area contributed by atoms with Crippen molar-refractivity contribution in [2.24, 2.45) is 5.92 Å². The third kappa shape index (κ3) is 2.87. The molecule has 4 atom stereocenters. The smallest absolute Gasteiger partial charge is 0.0732 e. The minimum absolute atomic E-state index is 0.165. The largest absolute Gasteiger partial charge is 0.391 e. The van der Waals surface area contributed by atoms with E-state index in [1.54, 1.807) is 0 Å². The number of hydrogen-bond donors (Lipinski definition) is 1. The Morgan fingerprint density at radius 1 is 1.28 bits per heavy atom. The van der Waals surface area contributed by atoms with E-state index >= 15 is 0 Å². The molecule has 2 nitrogen and oxygen atoms in total.